The van der Waals surface area contributed by atoms with Crippen molar-refractivity contribution < 1.29 is 9.18 Å². The number of aromatic nitrogens is 3. The Hall–Kier alpha value is -3.84. The number of rotatable bonds is 6. The quantitative estimate of drug-likeness (QED) is 0.562. The minimum atomic E-state index is -0.693. The van der Waals surface area contributed by atoms with Crippen LogP contribution in [0, 0.1) is 17.1 Å². The highest BCUT2D eigenvalue weighted by molar-refractivity contribution is 5.92. The van der Waals surface area contributed by atoms with E-state index in [-0.39, 0.29) is 23.7 Å². The normalized spacial score (nSPS) is 18.4. The fourth-order valence-electron chi connectivity index (χ4n) is 4.74. The van der Waals surface area contributed by atoms with Gasteiger partial charge in [-0.25, -0.2) is 9.37 Å². The van der Waals surface area contributed by atoms with E-state index in [1.54, 1.807) is 0 Å². The first-order valence-electron chi connectivity index (χ1n) is 11.7. The van der Waals surface area contributed by atoms with Crippen molar-refractivity contribution in [1.82, 2.24) is 25.2 Å². The van der Waals surface area contributed by atoms with Gasteiger partial charge < -0.3 is 15.2 Å². The third-order valence-electron chi connectivity index (χ3n) is 6.70. The molecule has 1 aliphatic carbocycles. The second-order valence-corrected chi connectivity index (χ2v) is 9.15. The summed E-state index contributed by atoms with van der Waals surface area (Å²) in [5, 5.41) is 11.8. The number of anilines is 1. The van der Waals surface area contributed by atoms with Crippen molar-refractivity contribution in [1.29, 1.82) is 5.26 Å². The summed E-state index contributed by atoms with van der Waals surface area (Å²) >= 11 is 0. The van der Waals surface area contributed by atoms with E-state index >= 15 is 0 Å². The summed E-state index contributed by atoms with van der Waals surface area (Å²) < 4.78 is 14.5. The van der Waals surface area contributed by atoms with Crippen LogP contribution in [0.4, 0.5) is 10.1 Å². The van der Waals surface area contributed by atoms with Crippen molar-refractivity contribution in [3.05, 3.63) is 63.6 Å². The van der Waals surface area contributed by atoms with Crippen LogP contribution in [0.1, 0.15) is 46.8 Å². The van der Waals surface area contributed by atoms with Crippen LogP contribution < -0.4 is 15.8 Å². The molecule has 2 aliphatic rings. The van der Waals surface area contributed by atoms with Crippen LogP contribution in [-0.4, -0.2) is 58.5 Å². The fraction of sp³-hybridized carbons (Fsp3) is 0.400. The van der Waals surface area contributed by atoms with Crippen molar-refractivity contribution in [2.75, 3.05) is 31.6 Å². The summed E-state index contributed by atoms with van der Waals surface area (Å²) in [6, 6.07) is 7.24. The van der Waals surface area contributed by atoms with E-state index in [4.69, 9.17) is 0 Å². The molecule has 1 aliphatic heterocycles. The van der Waals surface area contributed by atoms with Crippen molar-refractivity contribution in [3.8, 4) is 6.07 Å². The third kappa shape index (κ3) is 4.72. The monoisotopic (exact) mass is 475 g/mol. The molecule has 0 radical (unpaired) electrons. The first-order chi connectivity index (χ1) is 17.0. The second kappa shape index (κ2) is 9.43. The molecule has 2 fully saturated rings. The van der Waals surface area contributed by atoms with Crippen LogP contribution in [0.2, 0.25) is 0 Å². The van der Waals surface area contributed by atoms with E-state index in [1.807, 2.05) is 23.2 Å². The minimum absolute atomic E-state index is 0.0371. The first-order valence-corrected chi connectivity index (χ1v) is 11.7. The number of H-pyrrole nitrogens is 1. The number of carbonyl (C=O) groups is 1. The van der Waals surface area contributed by atoms with Crippen molar-refractivity contribution in [3.63, 3.8) is 0 Å². The zero-order chi connectivity index (χ0) is 24.5. The molecule has 0 spiro atoms. The lowest BCUT2D eigenvalue weighted by Gasteiger charge is -2.42. The third-order valence-corrected chi connectivity index (χ3v) is 6.70. The molecule has 3 aromatic rings. The Labute approximate surface area is 201 Å². The topological polar surface area (TPSA) is 118 Å². The smallest absolute Gasteiger partial charge is 0.272 e. The van der Waals surface area contributed by atoms with Gasteiger partial charge in [0.05, 0.1) is 41.4 Å². The fourth-order valence-corrected chi connectivity index (χ4v) is 4.74. The molecule has 2 N–H and O–H groups in total. The molecule has 1 unspecified atom stereocenters. The number of nitriles is 1. The van der Waals surface area contributed by atoms with Gasteiger partial charge in [-0.1, -0.05) is 0 Å². The molecule has 1 amide bonds. The molecule has 5 rings (SSSR count). The number of nitrogens with one attached hydrogen (secondary N) is 2. The number of hydrogen-bond acceptors (Lipinski definition) is 7. The summed E-state index contributed by atoms with van der Waals surface area (Å²) in [5.74, 6) is -0.913. The molecule has 35 heavy (non-hydrogen) atoms. The Morgan fingerprint density at radius 3 is 2.80 bits per heavy atom. The molecule has 0 bridgehead atoms. The van der Waals surface area contributed by atoms with Gasteiger partial charge in [0.2, 0.25) is 0 Å². The molecule has 9 nitrogen and oxygen atoms in total. The lowest BCUT2D eigenvalue weighted by atomic mass is 10.1. The predicted octanol–water partition coefficient (Wildman–Crippen LogP) is 2.30. The molecular weight excluding hydrogens is 449 g/mol. The van der Waals surface area contributed by atoms with Crippen LogP contribution in [0.25, 0.3) is 11.0 Å². The molecule has 1 saturated carbocycles. The molecule has 180 valence electrons. The van der Waals surface area contributed by atoms with Gasteiger partial charge in [0, 0.05) is 51.1 Å². The Bertz CT molecular complexity index is 1380. The van der Waals surface area contributed by atoms with Gasteiger partial charge in [-0.2, -0.15) is 5.26 Å². The average molecular weight is 476 g/mol. The largest absolute Gasteiger partial charge is 0.364 e. The van der Waals surface area contributed by atoms with Crippen LogP contribution in [0.15, 0.2) is 35.4 Å². The van der Waals surface area contributed by atoms with Crippen LogP contribution in [0.5, 0.6) is 0 Å². The highest BCUT2D eigenvalue weighted by Crippen LogP contribution is 2.38. The van der Waals surface area contributed by atoms with E-state index in [9.17, 15) is 19.2 Å². The summed E-state index contributed by atoms with van der Waals surface area (Å²) in [6.07, 6.45) is 5.70. The average Bonchev–Trinajstić information content (AvgIpc) is 3.69. The van der Waals surface area contributed by atoms with Gasteiger partial charge in [-0.3, -0.25) is 19.5 Å². The first kappa shape index (κ1) is 22.9. The van der Waals surface area contributed by atoms with Gasteiger partial charge in [0.15, 0.2) is 11.5 Å². The van der Waals surface area contributed by atoms with Crippen LogP contribution >= 0.6 is 0 Å². The number of halogens is 1. The summed E-state index contributed by atoms with van der Waals surface area (Å²) in [4.78, 5) is 39.9. The van der Waals surface area contributed by atoms with Gasteiger partial charge in [-0.05, 0) is 36.5 Å². The standard InChI is InChI=1S/C25H26FN7O2/c1-28-25(35)23-20(26)9-18(12-30-23)33-7-6-32(14-17(33)4-5-27)13-15-8-22-21(29-11-15)10-19(16-2-3-16)24(34)31-22/h8-12,16-17H,2-4,6-7,13-14H2,1H3,(H,28,35)(H,31,34). The van der Waals surface area contributed by atoms with Gasteiger partial charge >= 0.3 is 0 Å². The minimum Gasteiger partial charge on any atom is -0.364 e. The Morgan fingerprint density at radius 1 is 1.26 bits per heavy atom. The predicted molar refractivity (Wildman–Crippen MR) is 129 cm³/mol. The number of hydrogen-bond donors (Lipinski definition) is 2. The zero-order valence-corrected chi connectivity index (χ0v) is 19.4. The number of nitrogens with zero attached hydrogens (tertiary/aromatic N) is 5. The van der Waals surface area contributed by atoms with Crippen LogP contribution in [0.3, 0.4) is 0 Å². The van der Waals surface area contributed by atoms with Gasteiger partial charge in [0.25, 0.3) is 11.5 Å². The summed E-state index contributed by atoms with van der Waals surface area (Å²) in [6.45, 7) is 2.49. The maximum atomic E-state index is 14.5. The highest BCUT2D eigenvalue weighted by atomic mass is 19.1. The molecule has 1 atom stereocenters. The number of amides is 1. The molecule has 3 aromatic heterocycles. The number of piperazine rings is 1. The molecule has 1 saturated heterocycles. The molecule has 4 heterocycles. The maximum absolute atomic E-state index is 14.5. The summed E-state index contributed by atoms with van der Waals surface area (Å²) in [7, 11) is 1.42. The van der Waals surface area contributed by atoms with E-state index in [0.717, 1.165) is 35.0 Å². The van der Waals surface area contributed by atoms with Gasteiger partial charge in [0.1, 0.15) is 0 Å². The van der Waals surface area contributed by atoms with E-state index in [2.05, 4.69) is 31.2 Å². The number of aromatic amines is 1. The second-order valence-electron chi connectivity index (χ2n) is 9.15. The molecule has 10 heteroatoms. The van der Waals surface area contributed by atoms with Crippen molar-refractivity contribution in [2.45, 2.75) is 37.8 Å². The SMILES string of the molecule is CNC(=O)c1ncc(N2CCN(Cc3cnc4cc(C5CC5)c(=O)[nH]c4c3)CC2CC#N)cc1F. The Morgan fingerprint density at radius 2 is 2.09 bits per heavy atom. The maximum Gasteiger partial charge on any atom is 0.272 e. The zero-order valence-electron chi connectivity index (χ0n) is 19.4. The lowest BCUT2D eigenvalue weighted by Crippen LogP contribution is -2.53. The van der Waals surface area contributed by atoms with Crippen molar-refractivity contribution in [2.24, 2.45) is 0 Å². The highest BCUT2D eigenvalue weighted by Gasteiger charge is 2.29. The van der Waals surface area contributed by atoms with E-state index in [0.29, 0.717) is 37.8 Å². The van der Waals surface area contributed by atoms with E-state index < -0.39 is 11.7 Å². The molecule has 0 aromatic carbocycles. The summed E-state index contributed by atoms with van der Waals surface area (Å²) in [5.41, 5.74) is 3.56. The number of carbonyl (C=O) groups excluding carboxylic acids is 1. The number of fused-ring (bicyclic) bond motifs is 1. The van der Waals surface area contributed by atoms with E-state index in [1.165, 1.54) is 19.3 Å². The Kier molecular flexibility index (Phi) is 6.17. The Balaban J connectivity index is 1.31. The number of pyridine rings is 3. The van der Waals surface area contributed by atoms with Crippen molar-refractivity contribution >= 4 is 22.6 Å². The van der Waals surface area contributed by atoms with Crippen LogP contribution in [-0.2, 0) is 6.54 Å². The molecular formula is C25H26FN7O2. The van der Waals surface area contributed by atoms with Gasteiger partial charge in [-0.15, -0.1) is 0 Å². The lowest BCUT2D eigenvalue weighted by molar-refractivity contribution is 0.0953.